The van der Waals surface area contributed by atoms with Gasteiger partial charge in [-0.15, -0.1) is 0 Å². The highest BCUT2D eigenvalue weighted by Crippen LogP contribution is 2.39. The SMILES string of the molecule is CC1(C)OB(C(=Cc2cc(Cl)c(N)cc2Cl)CS)OC1(C)C. The van der Waals surface area contributed by atoms with Gasteiger partial charge in [0.25, 0.3) is 0 Å². The third kappa shape index (κ3) is 3.44. The average Bonchev–Trinajstić information content (AvgIpc) is 2.61. The molecule has 0 spiro atoms. The topological polar surface area (TPSA) is 44.5 Å². The van der Waals surface area contributed by atoms with Crippen LogP contribution in [0.25, 0.3) is 6.08 Å². The van der Waals surface area contributed by atoms with E-state index < -0.39 is 18.3 Å². The Bertz CT molecular complexity index is 604. The predicted molar refractivity (Wildman–Crippen MR) is 98.8 cm³/mol. The minimum absolute atomic E-state index is 0.401. The van der Waals surface area contributed by atoms with E-state index in [1.807, 2.05) is 33.8 Å². The zero-order chi connectivity index (χ0) is 16.7. The Labute approximate surface area is 147 Å². The highest BCUT2D eigenvalue weighted by atomic mass is 35.5. The molecule has 3 nitrogen and oxygen atoms in total. The van der Waals surface area contributed by atoms with Crippen LogP contribution in [0.1, 0.15) is 33.3 Å². The lowest BCUT2D eigenvalue weighted by Crippen LogP contribution is -2.41. The molecule has 0 amide bonds. The van der Waals surface area contributed by atoms with Crippen LogP contribution in [0.5, 0.6) is 0 Å². The first-order chi connectivity index (χ1) is 10.1. The molecule has 1 aliphatic rings. The molecule has 0 saturated carbocycles. The summed E-state index contributed by atoms with van der Waals surface area (Å²) in [5.74, 6) is 0.481. The maximum absolute atomic E-state index is 6.23. The molecular formula is C15H20BCl2NO2S. The van der Waals surface area contributed by atoms with Gasteiger partial charge in [-0.3, -0.25) is 0 Å². The van der Waals surface area contributed by atoms with E-state index in [1.165, 1.54) is 0 Å². The molecule has 0 radical (unpaired) electrons. The first-order valence-electron chi connectivity index (χ1n) is 6.99. The summed E-state index contributed by atoms with van der Waals surface area (Å²) in [6.45, 7) is 8.04. The van der Waals surface area contributed by atoms with Crippen LogP contribution in [0.2, 0.25) is 10.0 Å². The summed E-state index contributed by atoms with van der Waals surface area (Å²) in [5.41, 5.74) is 7.04. The van der Waals surface area contributed by atoms with Crippen molar-refractivity contribution in [1.82, 2.24) is 0 Å². The number of nitrogens with two attached hydrogens (primary N) is 1. The van der Waals surface area contributed by atoms with Crippen LogP contribution in [-0.4, -0.2) is 24.1 Å². The van der Waals surface area contributed by atoms with Crippen molar-refractivity contribution in [3.63, 3.8) is 0 Å². The summed E-state index contributed by atoms with van der Waals surface area (Å²) in [4.78, 5) is 0. The Morgan fingerprint density at radius 1 is 1.18 bits per heavy atom. The van der Waals surface area contributed by atoms with Gasteiger partial charge in [-0.1, -0.05) is 29.3 Å². The van der Waals surface area contributed by atoms with Gasteiger partial charge in [0.1, 0.15) is 0 Å². The summed E-state index contributed by atoms with van der Waals surface area (Å²) < 4.78 is 12.1. The Morgan fingerprint density at radius 2 is 1.73 bits per heavy atom. The van der Waals surface area contributed by atoms with E-state index in [9.17, 15) is 0 Å². The summed E-state index contributed by atoms with van der Waals surface area (Å²) in [6.07, 6.45) is 1.89. The molecule has 7 heteroatoms. The van der Waals surface area contributed by atoms with Crippen LogP contribution in [0, 0.1) is 0 Å². The number of anilines is 1. The minimum Gasteiger partial charge on any atom is -0.400 e. The Balaban J connectivity index is 2.36. The lowest BCUT2D eigenvalue weighted by molar-refractivity contribution is 0.00578. The van der Waals surface area contributed by atoms with Crippen molar-refractivity contribution in [1.29, 1.82) is 0 Å². The highest BCUT2D eigenvalue weighted by Gasteiger charge is 2.52. The lowest BCUT2D eigenvalue weighted by Gasteiger charge is -2.32. The van der Waals surface area contributed by atoms with E-state index in [0.29, 0.717) is 21.5 Å². The number of hydrogen-bond donors (Lipinski definition) is 2. The van der Waals surface area contributed by atoms with E-state index in [1.54, 1.807) is 12.1 Å². The van der Waals surface area contributed by atoms with Crippen molar-refractivity contribution >= 4 is 54.7 Å². The summed E-state index contributed by atoms with van der Waals surface area (Å²) in [7, 11) is -0.463. The second-order valence-corrected chi connectivity index (χ2v) is 7.49. The van der Waals surface area contributed by atoms with Gasteiger partial charge in [0.2, 0.25) is 0 Å². The van der Waals surface area contributed by atoms with E-state index >= 15 is 0 Å². The fraction of sp³-hybridized carbons (Fsp3) is 0.467. The molecule has 1 fully saturated rings. The van der Waals surface area contributed by atoms with Crippen molar-refractivity contribution in [2.75, 3.05) is 11.5 Å². The summed E-state index contributed by atoms with van der Waals surface area (Å²) in [5, 5.41) is 0.987. The van der Waals surface area contributed by atoms with Gasteiger partial charge in [0.05, 0.1) is 21.9 Å². The van der Waals surface area contributed by atoms with Crippen LogP contribution in [0.3, 0.4) is 0 Å². The molecule has 0 aromatic heterocycles. The fourth-order valence-electron chi connectivity index (χ4n) is 2.07. The average molecular weight is 360 g/mol. The molecule has 1 saturated heterocycles. The van der Waals surface area contributed by atoms with Gasteiger partial charge in [0.15, 0.2) is 0 Å². The molecule has 120 valence electrons. The van der Waals surface area contributed by atoms with Gasteiger partial charge in [-0.2, -0.15) is 12.6 Å². The largest absolute Gasteiger partial charge is 0.491 e. The molecule has 1 aromatic carbocycles. The number of rotatable bonds is 3. The summed E-state index contributed by atoms with van der Waals surface area (Å²) >= 11 is 16.7. The first-order valence-corrected chi connectivity index (χ1v) is 8.38. The van der Waals surface area contributed by atoms with E-state index in [-0.39, 0.29) is 0 Å². The fourth-order valence-corrected chi connectivity index (χ4v) is 2.71. The van der Waals surface area contributed by atoms with Crippen LogP contribution in [-0.2, 0) is 9.31 Å². The molecule has 1 heterocycles. The van der Waals surface area contributed by atoms with Gasteiger partial charge in [0, 0.05) is 10.8 Å². The van der Waals surface area contributed by atoms with Crippen LogP contribution >= 0.6 is 35.8 Å². The van der Waals surface area contributed by atoms with Crippen LogP contribution in [0.15, 0.2) is 17.6 Å². The second kappa shape index (κ2) is 6.29. The molecule has 22 heavy (non-hydrogen) atoms. The van der Waals surface area contributed by atoms with Crippen molar-refractivity contribution in [3.8, 4) is 0 Å². The number of halogens is 2. The molecule has 0 aliphatic carbocycles. The monoisotopic (exact) mass is 359 g/mol. The van der Waals surface area contributed by atoms with Crippen molar-refractivity contribution in [2.24, 2.45) is 0 Å². The van der Waals surface area contributed by atoms with E-state index in [0.717, 1.165) is 11.0 Å². The van der Waals surface area contributed by atoms with Crippen molar-refractivity contribution in [2.45, 2.75) is 38.9 Å². The van der Waals surface area contributed by atoms with Crippen molar-refractivity contribution in [3.05, 3.63) is 33.2 Å². The van der Waals surface area contributed by atoms with Gasteiger partial charge in [-0.05, 0) is 50.9 Å². The molecule has 1 aliphatic heterocycles. The number of nitrogen functional groups attached to an aromatic ring is 1. The number of thiol groups is 1. The maximum Gasteiger partial charge on any atom is 0.491 e. The first kappa shape index (κ1) is 18.0. The Hall–Kier alpha value is -0.325. The van der Waals surface area contributed by atoms with Crippen LogP contribution in [0.4, 0.5) is 5.69 Å². The third-order valence-electron chi connectivity index (χ3n) is 4.20. The van der Waals surface area contributed by atoms with E-state index in [4.69, 9.17) is 38.2 Å². The molecule has 0 atom stereocenters. The maximum atomic E-state index is 6.23. The molecule has 2 N–H and O–H groups in total. The van der Waals surface area contributed by atoms with Gasteiger partial charge in [-0.25, -0.2) is 0 Å². The molecular weight excluding hydrogens is 340 g/mol. The lowest BCUT2D eigenvalue weighted by atomic mass is 9.78. The van der Waals surface area contributed by atoms with Crippen molar-refractivity contribution < 1.29 is 9.31 Å². The molecule has 1 aromatic rings. The molecule has 0 unspecified atom stereocenters. The predicted octanol–water partition coefficient (Wildman–Crippen LogP) is 4.52. The Morgan fingerprint density at radius 3 is 2.23 bits per heavy atom. The number of hydrogen-bond acceptors (Lipinski definition) is 4. The normalized spacial score (nSPS) is 20.5. The van der Waals surface area contributed by atoms with E-state index in [2.05, 4.69) is 12.6 Å². The smallest absolute Gasteiger partial charge is 0.400 e. The third-order valence-corrected chi connectivity index (χ3v) is 5.22. The standard InChI is InChI=1S/C15H20BCl2NO2S/c1-14(2)15(3,4)21-16(20-14)10(8-22)5-9-6-12(18)13(19)7-11(9)17/h5-7,22H,8,19H2,1-4H3. The highest BCUT2D eigenvalue weighted by molar-refractivity contribution is 7.80. The van der Waals surface area contributed by atoms with Gasteiger partial charge < -0.3 is 15.0 Å². The second-order valence-electron chi connectivity index (χ2n) is 6.36. The molecule has 0 bridgehead atoms. The molecule has 2 rings (SSSR count). The zero-order valence-corrected chi connectivity index (χ0v) is 15.5. The Kier molecular flexibility index (Phi) is 5.15. The number of benzene rings is 1. The zero-order valence-electron chi connectivity index (χ0n) is 13.1. The van der Waals surface area contributed by atoms with Gasteiger partial charge >= 0.3 is 7.12 Å². The summed E-state index contributed by atoms with van der Waals surface area (Å²) in [6, 6.07) is 3.37. The quantitative estimate of drug-likeness (QED) is 0.473. The van der Waals surface area contributed by atoms with Crippen LogP contribution < -0.4 is 5.73 Å². The minimum atomic E-state index is -0.463.